The first-order valence-corrected chi connectivity index (χ1v) is 11.3. The zero-order valence-electron chi connectivity index (χ0n) is 19.6. The zero-order chi connectivity index (χ0) is 25.0. The SMILES string of the molecule is C=CCOc1ccc(C(=O)N/N=C/c2ccc(OCc3ccc(Cl)cc3)c(OC)c2)cc1OCC. The maximum absolute atomic E-state index is 12.5. The van der Waals surface area contributed by atoms with Gasteiger partial charge in [0, 0.05) is 10.6 Å². The van der Waals surface area contributed by atoms with E-state index in [0.29, 0.717) is 53.4 Å². The Labute approximate surface area is 209 Å². The van der Waals surface area contributed by atoms with Crippen LogP contribution in [0.3, 0.4) is 0 Å². The summed E-state index contributed by atoms with van der Waals surface area (Å²) >= 11 is 5.92. The predicted molar refractivity (Wildman–Crippen MR) is 137 cm³/mol. The highest BCUT2D eigenvalue weighted by molar-refractivity contribution is 6.30. The number of carbonyl (C=O) groups excluding carboxylic acids is 1. The number of halogens is 1. The van der Waals surface area contributed by atoms with Gasteiger partial charge in [-0.05, 0) is 66.6 Å². The molecule has 35 heavy (non-hydrogen) atoms. The standard InChI is InChI=1S/C27H27ClN2O5/c1-4-14-34-24-13-9-21(16-26(24)33-5-2)27(31)30-29-17-20-8-12-23(25(15-20)32-3)35-18-19-6-10-22(28)11-7-19/h4,6-13,15-17H,1,5,14,18H2,2-3H3,(H,30,31)/b29-17+. The van der Waals surface area contributed by atoms with Crippen LogP contribution in [0.4, 0.5) is 0 Å². The van der Waals surface area contributed by atoms with Crippen molar-refractivity contribution in [2.75, 3.05) is 20.3 Å². The molecule has 3 rings (SSSR count). The molecule has 1 N–H and O–H groups in total. The molecule has 3 aromatic carbocycles. The number of carbonyl (C=O) groups is 1. The van der Waals surface area contributed by atoms with Crippen molar-refractivity contribution in [3.8, 4) is 23.0 Å². The summed E-state index contributed by atoms with van der Waals surface area (Å²) in [6, 6.07) is 17.7. The van der Waals surface area contributed by atoms with E-state index in [0.717, 1.165) is 11.1 Å². The molecule has 0 bridgehead atoms. The number of nitrogens with zero attached hydrogens (tertiary/aromatic N) is 1. The van der Waals surface area contributed by atoms with E-state index in [1.807, 2.05) is 37.3 Å². The van der Waals surface area contributed by atoms with Gasteiger partial charge in [-0.2, -0.15) is 5.10 Å². The van der Waals surface area contributed by atoms with Crippen LogP contribution in [0.25, 0.3) is 0 Å². The molecule has 0 unspecified atom stereocenters. The van der Waals surface area contributed by atoms with Crippen LogP contribution >= 0.6 is 11.6 Å². The second-order valence-electron chi connectivity index (χ2n) is 7.22. The van der Waals surface area contributed by atoms with Crippen LogP contribution in [0.1, 0.15) is 28.4 Å². The summed E-state index contributed by atoms with van der Waals surface area (Å²) < 4.78 is 22.4. The second-order valence-corrected chi connectivity index (χ2v) is 7.66. The number of rotatable bonds is 12. The van der Waals surface area contributed by atoms with Gasteiger partial charge in [0.05, 0.1) is 19.9 Å². The molecule has 0 atom stereocenters. The number of amides is 1. The number of methoxy groups -OCH3 is 1. The highest BCUT2D eigenvalue weighted by atomic mass is 35.5. The minimum absolute atomic E-state index is 0.338. The lowest BCUT2D eigenvalue weighted by molar-refractivity contribution is 0.0954. The van der Waals surface area contributed by atoms with Gasteiger partial charge in [-0.1, -0.05) is 36.4 Å². The van der Waals surface area contributed by atoms with Crippen molar-refractivity contribution in [3.63, 3.8) is 0 Å². The lowest BCUT2D eigenvalue weighted by atomic mass is 10.2. The quantitative estimate of drug-likeness (QED) is 0.200. The van der Waals surface area contributed by atoms with Crippen LogP contribution < -0.4 is 24.4 Å². The monoisotopic (exact) mass is 494 g/mol. The average Bonchev–Trinajstić information content (AvgIpc) is 2.88. The molecule has 8 heteroatoms. The van der Waals surface area contributed by atoms with Crippen LogP contribution in [0.5, 0.6) is 23.0 Å². The fourth-order valence-corrected chi connectivity index (χ4v) is 3.17. The Kier molecular flexibility index (Phi) is 9.57. The molecule has 0 saturated heterocycles. The number of hydrogen-bond donors (Lipinski definition) is 1. The molecule has 0 heterocycles. The molecule has 0 spiro atoms. The smallest absolute Gasteiger partial charge is 0.271 e. The molecule has 0 aliphatic carbocycles. The largest absolute Gasteiger partial charge is 0.493 e. The highest BCUT2D eigenvalue weighted by Gasteiger charge is 2.11. The van der Waals surface area contributed by atoms with E-state index < -0.39 is 0 Å². The Morgan fingerprint density at radius 2 is 1.71 bits per heavy atom. The van der Waals surface area contributed by atoms with Gasteiger partial charge in [-0.3, -0.25) is 4.79 Å². The number of nitrogens with one attached hydrogen (secondary N) is 1. The molecule has 7 nitrogen and oxygen atoms in total. The fourth-order valence-electron chi connectivity index (χ4n) is 3.04. The summed E-state index contributed by atoms with van der Waals surface area (Å²) in [5.41, 5.74) is 4.62. The molecule has 0 aliphatic rings. The molecule has 3 aromatic rings. The molecule has 0 aromatic heterocycles. The minimum atomic E-state index is -0.382. The maximum atomic E-state index is 12.5. The molecule has 0 radical (unpaired) electrons. The second kappa shape index (κ2) is 13.1. The van der Waals surface area contributed by atoms with Crippen molar-refractivity contribution in [3.05, 3.63) is 95.0 Å². The van der Waals surface area contributed by atoms with E-state index in [1.165, 1.54) is 6.21 Å². The van der Waals surface area contributed by atoms with Crippen LogP contribution in [0, 0.1) is 0 Å². The first-order chi connectivity index (χ1) is 17.0. The predicted octanol–water partition coefficient (Wildman–Crippen LogP) is 5.66. The Hall–Kier alpha value is -3.97. The highest BCUT2D eigenvalue weighted by Crippen LogP contribution is 2.29. The average molecular weight is 495 g/mol. The van der Waals surface area contributed by atoms with E-state index in [1.54, 1.807) is 43.5 Å². The maximum Gasteiger partial charge on any atom is 0.271 e. The molecule has 0 aliphatic heterocycles. The molecule has 0 saturated carbocycles. The molecule has 1 amide bonds. The van der Waals surface area contributed by atoms with E-state index in [-0.39, 0.29) is 5.91 Å². The van der Waals surface area contributed by atoms with E-state index in [9.17, 15) is 4.79 Å². The topological polar surface area (TPSA) is 78.4 Å². The van der Waals surface area contributed by atoms with E-state index in [2.05, 4.69) is 17.1 Å². The Bertz CT molecular complexity index is 1180. The van der Waals surface area contributed by atoms with E-state index in [4.69, 9.17) is 30.5 Å². The van der Waals surface area contributed by atoms with E-state index >= 15 is 0 Å². The van der Waals surface area contributed by atoms with Gasteiger partial charge >= 0.3 is 0 Å². The normalized spacial score (nSPS) is 10.6. The van der Waals surface area contributed by atoms with Crippen molar-refractivity contribution >= 4 is 23.7 Å². The van der Waals surface area contributed by atoms with Gasteiger partial charge < -0.3 is 18.9 Å². The van der Waals surface area contributed by atoms with Gasteiger partial charge in [0.1, 0.15) is 13.2 Å². The van der Waals surface area contributed by atoms with Crippen molar-refractivity contribution in [2.24, 2.45) is 5.10 Å². The van der Waals surface area contributed by atoms with Gasteiger partial charge in [0.15, 0.2) is 23.0 Å². The summed E-state index contributed by atoms with van der Waals surface area (Å²) in [7, 11) is 1.56. The zero-order valence-corrected chi connectivity index (χ0v) is 20.4. The van der Waals surface area contributed by atoms with Crippen molar-refractivity contribution in [1.29, 1.82) is 0 Å². The Morgan fingerprint density at radius 1 is 0.971 bits per heavy atom. The number of hydrogen-bond acceptors (Lipinski definition) is 6. The van der Waals surface area contributed by atoms with Crippen molar-refractivity contribution in [2.45, 2.75) is 13.5 Å². The number of ether oxygens (including phenoxy) is 4. The minimum Gasteiger partial charge on any atom is -0.493 e. The summed E-state index contributed by atoms with van der Waals surface area (Å²) in [4.78, 5) is 12.5. The lowest BCUT2D eigenvalue weighted by Crippen LogP contribution is -2.17. The number of hydrazone groups is 1. The van der Waals surface area contributed by atoms with Crippen molar-refractivity contribution < 1.29 is 23.7 Å². The fraction of sp³-hybridized carbons (Fsp3) is 0.185. The summed E-state index contributed by atoms with van der Waals surface area (Å²) in [6.45, 7) is 6.64. The third-order valence-corrected chi connectivity index (χ3v) is 4.99. The van der Waals surface area contributed by atoms with Crippen LogP contribution in [-0.2, 0) is 6.61 Å². The Morgan fingerprint density at radius 3 is 2.43 bits per heavy atom. The third-order valence-electron chi connectivity index (χ3n) is 4.74. The van der Waals surface area contributed by atoms with Gasteiger partial charge in [0.25, 0.3) is 5.91 Å². The first kappa shape index (κ1) is 25.6. The Balaban J connectivity index is 1.63. The summed E-state index contributed by atoms with van der Waals surface area (Å²) in [5, 5.41) is 4.73. The summed E-state index contributed by atoms with van der Waals surface area (Å²) in [6.07, 6.45) is 3.16. The van der Waals surface area contributed by atoms with Gasteiger partial charge in [-0.25, -0.2) is 5.43 Å². The van der Waals surface area contributed by atoms with Crippen molar-refractivity contribution in [1.82, 2.24) is 5.43 Å². The van der Waals surface area contributed by atoms with Crippen LogP contribution in [0.2, 0.25) is 5.02 Å². The number of benzene rings is 3. The third kappa shape index (κ3) is 7.52. The molecular weight excluding hydrogens is 468 g/mol. The summed E-state index contributed by atoms with van der Waals surface area (Å²) in [5.74, 6) is 1.77. The van der Waals surface area contributed by atoms with Gasteiger partial charge in [-0.15, -0.1) is 0 Å². The molecule has 182 valence electrons. The van der Waals surface area contributed by atoms with Gasteiger partial charge in [0.2, 0.25) is 0 Å². The lowest BCUT2D eigenvalue weighted by Gasteiger charge is -2.12. The first-order valence-electron chi connectivity index (χ1n) is 10.9. The molecule has 0 fully saturated rings. The van der Waals surface area contributed by atoms with Crippen LogP contribution in [0.15, 0.2) is 78.4 Å². The van der Waals surface area contributed by atoms with Crippen LogP contribution in [-0.4, -0.2) is 32.4 Å². The molecular formula is C27H27ClN2O5.